The SMILES string of the molecule is NCCOc1c(Cl)c(Br)cc2nc[nH]c(=O)c12. The third kappa shape index (κ3) is 2.29. The average molecular weight is 319 g/mol. The van der Waals surface area contributed by atoms with E-state index in [9.17, 15) is 4.79 Å². The smallest absolute Gasteiger partial charge is 0.262 e. The number of nitrogens with two attached hydrogens (primary N) is 1. The Balaban J connectivity index is 2.76. The van der Waals surface area contributed by atoms with Crippen LogP contribution in [0.25, 0.3) is 10.9 Å². The molecule has 2 rings (SSSR count). The van der Waals surface area contributed by atoms with Crippen molar-refractivity contribution in [2.75, 3.05) is 13.2 Å². The Morgan fingerprint density at radius 2 is 2.35 bits per heavy atom. The van der Waals surface area contributed by atoms with E-state index >= 15 is 0 Å². The number of hydrogen-bond donors (Lipinski definition) is 2. The van der Waals surface area contributed by atoms with Crippen molar-refractivity contribution in [3.8, 4) is 5.75 Å². The third-order valence-corrected chi connectivity index (χ3v) is 3.38. The van der Waals surface area contributed by atoms with Crippen molar-refractivity contribution in [3.05, 3.63) is 32.2 Å². The number of halogens is 2. The van der Waals surface area contributed by atoms with E-state index in [4.69, 9.17) is 22.1 Å². The van der Waals surface area contributed by atoms with Crippen LogP contribution in [0.3, 0.4) is 0 Å². The van der Waals surface area contributed by atoms with Gasteiger partial charge in [-0.3, -0.25) is 4.79 Å². The molecule has 0 radical (unpaired) electrons. The van der Waals surface area contributed by atoms with Crippen LogP contribution in [-0.2, 0) is 0 Å². The minimum Gasteiger partial charge on any atom is -0.490 e. The zero-order valence-corrected chi connectivity index (χ0v) is 11.0. The first-order chi connectivity index (χ1) is 8.15. The van der Waals surface area contributed by atoms with E-state index in [1.54, 1.807) is 6.07 Å². The fourth-order valence-corrected chi connectivity index (χ4v) is 2.04. The number of aromatic nitrogens is 2. The van der Waals surface area contributed by atoms with E-state index in [-0.39, 0.29) is 12.2 Å². The molecule has 0 aliphatic heterocycles. The van der Waals surface area contributed by atoms with E-state index in [1.165, 1.54) is 6.33 Å². The highest BCUT2D eigenvalue weighted by Gasteiger charge is 2.15. The summed E-state index contributed by atoms with van der Waals surface area (Å²) in [7, 11) is 0. The molecule has 0 unspecified atom stereocenters. The fourth-order valence-electron chi connectivity index (χ4n) is 1.44. The van der Waals surface area contributed by atoms with Crippen LogP contribution in [-0.4, -0.2) is 23.1 Å². The van der Waals surface area contributed by atoms with E-state index in [1.807, 2.05) is 0 Å². The minimum absolute atomic E-state index is 0.277. The van der Waals surface area contributed by atoms with Crippen LogP contribution in [0.15, 0.2) is 21.7 Å². The molecule has 0 fully saturated rings. The van der Waals surface area contributed by atoms with Crippen LogP contribution in [0.4, 0.5) is 0 Å². The monoisotopic (exact) mass is 317 g/mol. The Morgan fingerprint density at radius 3 is 3.06 bits per heavy atom. The molecule has 3 N–H and O–H groups in total. The molecule has 90 valence electrons. The van der Waals surface area contributed by atoms with Crippen LogP contribution >= 0.6 is 27.5 Å². The summed E-state index contributed by atoms with van der Waals surface area (Å²) in [6.07, 6.45) is 1.33. The molecule has 1 heterocycles. The second-order valence-electron chi connectivity index (χ2n) is 3.26. The van der Waals surface area contributed by atoms with Crippen LogP contribution in [0, 0.1) is 0 Å². The molecule has 7 heteroatoms. The molecule has 0 saturated carbocycles. The normalized spacial score (nSPS) is 10.8. The second kappa shape index (κ2) is 5.03. The number of nitrogens with zero attached hydrogens (tertiary/aromatic N) is 1. The van der Waals surface area contributed by atoms with Gasteiger partial charge < -0.3 is 15.5 Å². The van der Waals surface area contributed by atoms with Gasteiger partial charge in [-0.15, -0.1) is 0 Å². The van der Waals surface area contributed by atoms with Gasteiger partial charge in [0, 0.05) is 11.0 Å². The van der Waals surface area contributed by atoms with Crippen molar-refractivity contribution in [1.82, 2.24) is 9.97 Å². The third-order valence-electron chi connectivity index (χ3n) is 2.15. The summed E-state index contributed by atoms with van der Waals surface area (Å²) in [6.45, 7) is 0.613. The quantitative estimate of drug-likeness (QED) is 0.902. The lowest BCUT2D eigenvalue weighted by Gasteiger charge is -2.10. The lowest BCUT2D eigenvalue weighted by molar-refractivity contribution is 0.332. The average Bonchev–Trinajstić information content (AvgIpc) is 2.30. The van der Waals surface area contributed by atoms with Gasteiger partial charge in [0.05, 0.1) is 16.9 Å². The summed E-state index contributed by atoms with van der Waals surface area (Å²) in [6, 6.07) is 1.67. The molecule has 0 saturated heterocycles. The molecule has 0 atom stereocenters. The van der Waals surface area contributed by atoms with Crippen molar-refractivity contribution in [2.24, 2.45) is 5.73 Å². The predicted octanol–water partition coefficient (Wildman–Crippen LogP) is 1.68. The molecule has 0 amide bonds. The molecule has 1 aromatic carbocycles. The lowest BCUT2D eigenvalue weighted by Crippen LogP contribution is -2.14. The largest absolute Gasteiger partial charge is 0.490 e. The highest BCUT2D eigenvalue weighted by atomic mass is 79.9. The topological polar surface area (TPSA) is 81.0 Å². The van der Waals surface area contributed by atoms with Gasteiger partial charge in [0.15, 0.2) is 5.75 Å². The Hall–Kier alpha value is -1.11. The van der Waals surface area contributed by atoms with Gasteiger partial charge in [-0.2, -0.15) is 0 Å². The van der Waals surface area contributed by atoms with E-state index < -0.39 is 0 Å². The van der Waals surface area contributed by atoms with Crippen LogP contribution in [0.1, 0.15) is 0 Å². The molecule has 0 aliphatic rings. The number of aromatic amines is 1. The van der Waals surface area contributed by atoms with Crippen molar-refractivity contribution in [1.29, 1.82) is 0 Å². The van der Waals surface area contributed by atoms with Gasteiger partial charge in [-0.25, -0.2) is 4.98 Å². The van der Waals surface area contributed by atoms with Crippen molar-refractivity contribution < 1.29 is 4.74 Å². The molecule has 0 spiro atoms. The molecular formula is C10H9BrClN3O2. The zero-order valence-electron chi connectivity index (χ0n) is 8.67. The number of ether oxygens (including phenoxy) is 1. The predicted molar refractivity (Wildman–Crippen MR) is 69.6 cm³/mol. The highest BCUT2D eigenvalue weighted by molar-refractivity contribution is 9.10. The van der Waals surface area contributed by atoms with Crippen molar-refractivity contribution in [3.63, 3.8) is 0 Å². The van der Waals surface area contributed by atoms with Gasteiger partial charge >= 0.3 is 0 Å². The number of benzene rings is 1. The van der Waals surface area contributed by atoms with Gasteiger partial charge in [-0.05, 0) is 22.0 Å². The number of H-pyrrole nitrogens is 1. The highest BCUT2D eigenvalue weighted by Crippen LogP contribution is 2.36. The van der Waals surface area contributed by atoms with Gasteiger partial charge in [-0.1, -0.05) is 11.6 Å². The molecular weight excluding hydrogens is 309 g/mol. The molecule has 17 heavy (non-hydrogen) atoms. The van der Waals surface area contributed by atoms with E-state index in [0.717, 1.165) is 0 Å². The second-order valence-corrected chi connectivity index (χ2v) is 4.50. The molecule has 0 aliphatic carbocycles. The number of hydrogen-bond acceptors (Lipinski definition) is 4. The van der Waals surface area contributed by atoms with E-state index in [0.29, 0.717) is 32.7 Å². The minimum atomic E-state index is -0.295. The summed E-state index contributed by atoms with van der Waals surface area (Å²) >= 11 is 9.37. The van der Waals surface area contributed by atoms with Gasteiger partial charge in [0.2, 0.25) is 0 Å². The summed E-state index contributed by atoms with van der Waals surface area (Å²) in [5, 5.41) is 0.665. The van der Waals surface area contributed by atoms with Crippen molar-refractivity contribution >= 4 is 38.4 Å². The number of fused-ring (bicyclic) bond motifs is 1. The lowest BCUT2D eigenvalue weighted by atomic mass is 10.2. The van der Waals surface area contributed by atoms with Crippen LogP contribution < -0.4 is 16.0 Å². The Bertz CT molecular complexity index is 614. The van der Waals surface area contributed by atoms with E-state index in [2.05, 4.69) is 25.9 Å². The molecule has 5 nitrogen and oxygen atoms in total. The summed E-state index contributed by atoms with van der Waals surface area (Å²) in [5.74, 6) is 0.302. The summed E-state index contributed by atoms with van der Waals surface area (Å²) < 4.78 is 6.04. The standard InChI is InChI=1S/C10H9BrClN3O2/c11-5-3-6-7(10(16)15-4-14-6)9(8(5)12)17-2-1-13/h3-4H,1-2,13H2,(H,14,15,16). The Kier molecular flexibility index (Phi) is 3.66. The molecule has 0 bridgehead atoms. The fraction of sp³-hybridized carbons (Fsp3) is 0.200. The summed E-state index contributed by atoms with van der Waals surface area (Å²) in [5.41, 5.74) is 5.58. The van der Waals surface area contributed by atoms with Crippen molar-refractivity contribution in [2.45, 2.75) is 0 Å². The van der Waals surface area contributed by atoms with Crippen LogP contribution in [0.5, 0.6) is 5.75 Å². The van der Waals surface area contributed by atoms with Gasteiger partial charge in [0.25, 0.3) is 5.56 Å². The number of rotatable bonds is 3. The molecule has 1 aromatic heterocycles. The molecule has 2 aromatic rings. The maximum Gasteiger partial charge on any atom is 0.262 e. The van der Waals surface area contributed by atoms with Gasteiger partial charge in [0.1, 0.15) is 12.0 Å². The maximum atomic E-state index is 11.7. The van der Waals surface area contributed by atoms with Crippen LogP contribution in [0.2, 0.25) is 5.02 Å². The zero-order chi connectivity index (χ0) is 12.4. The first kappa shape index (κ1) is 12.3. The Morgan fingerprint density at radius 1 is 1.59 bits per heavy atom. The first-order valence-electron chi connectivity index (χ1n) is 4.83. The first-order valence-corrected chi connectivity index (χ1v) is 6.00. The Labute approximate surface area is 110 Å². The maximum absolute atomic E-state index is 11.7. The number of nitrogens with one attached hydrogen (secondary N) is 1. The summed E-state index contributed by atoms with van der Waals surface area (Å²) in [4.78, 5) is 18.3.